The van der Waals surface area contributed by atoms with Crippen LogP contribution in [0.3, 0.4) is 0 Å². The maximum Gasteiger partial charge on any atom is 0.215 e. The van der Waals surface area contributed by atoms with E-state index in [9.17, 15) is 8.42 Å². The number of thioether (sulfide) groups is 1. The third-order valence-electron chi connectivity index (χ3n) is 5.45. The second-order valence-corrected chi connectivity index (χ2v) is 10.9. The van der Waals surface area contributed by atoms with E-state index >= 15 is 0 Å². The molecule has 2 saturated heterocycles. The molecule has 24 heavy (non-hydrogen) atoms. The third kappa shape index (κ3) is 4.02. The van der Waals surface area contributed by atoms with Gasteiger partial charge in [0.25, 0.3) is 0 Å². The minimum absolute atomic E-state index is 0.0109. The van der Waals surface area contributed by atoms with Gasteiger partial charge < -0.3 is 10.2 Å². The first-order valence-corrected chi connectivity index (χ1v) is 11.5. The first-order chi connectivity index (χ1) is 11.1. The Labute approximate surface area is 151 Å². The summed E-state index contributed by atoms with van der Waals surface area (Å²) in [5.74, 6) is 2.69. The molecule has 140 valence electrons. The summed E-state index contributed by atoms with van der Waals surface area (Å²) >= 11 is 1.81. The van der Waals surface area contributed by atoms with Gasteiger partial charge in [0.15, 0.2) is 5.96 Å². The van der Waals surface area contributed by atoms with Gasteiger partial charge in [-0.3, -0.25) is 4.99 Å². The smallest absolute Gasteiger partial charge is 0.215 e. The minimum Gasteiger partial charge on any atom is -0.356 e. The Morgan fingerprint density at radius 2 is 1.83 bits per heavy atom. The van der Waals surface area contributed by atoms with Crippen LogP contribution < -0.4 is 5.32 Å². The normalized spacial score (nSPS) is 24.5. The highest BCUT2D eigenvalue weighted by Gasteiger charge is 2.53. The molecule has 0 aliphatic carbocycles. The number of aliphatic imine (C=N–C) groups is 1. The summed E-state index contributed by atoms with van der Waals surface area (Å²) in [6.45, 7) is 14.3. The number of likely N-dealkylation sites (tertiary alicyclic amines) is 1. The van der Waals surface area contributed by atoms with E-state index in [4.69, 9.17) is 0 Å². The molecule has 6 nitrogen and oxygen atoms in total. The lowest BCUT2D eigenvalue weighted by Gasteiger charge is -2.62. The average molecular weight is 377 g/mol. The number of nitrogens with zero attached hydrogens (tertiary/aromatic N) is 3. The topological polar surface area (TPSA) is 65.0 Å². The fourth-order valence-electron chi connectivity index (χ4n) is 3.02. The lowest BCUT2D eigenvalue weighted by atomic mass is 9.65. The molecule has 2 aliphatic heterocycles. The predicted octanol–water partition coefficient (Wildman–Crippen LogP) is 1.45. The average Bonchev–Trinajstić information content (AvgIpc) is 2.53. The van der Waals surface area contributed by atoms with Crippen LogP contribution in [-0.4, -0.2) is 79.1 Å². The molecule has 0 aromatic rings. The van der Waals surface area contributed by atoms with Gasteiger partial charge in [0.05, 0.1) is 12.3 Å². The van der Waals surface area contributed by atoms with Crippen molar-refractivity contribution in [3.8, 4) is 0 Å². The van der Waals surface area contributed by atoms with Gasteiger partial charge in [-0.05, 0) is 20.8 Å². The molecule has 2 aliphatic rings. The summed E-state index contributed by atoms with van der Waals surface area (Å²) in [6, 6.07) is 0. The highest BCUT2D eigenvalue weighted by atomic mass is 32.2. The van der Waals surface area contributed by atoms with E-state index in [1.165, 1.54) is 0 Å². The van der Waals surface area contributed by atoms with Crippen LogP contribution in [-0.2, 0) is 10.0 Å². The molecule has 0 saturated carbocycles. The Bertz CT molecular complexity index is 567. The molecule has 2 fully saturated rings. The summed E-state index contributed by atoms with van der Waals surface area (Å²) in [4.78, 5) is 6.85. The fraction of sp³-hybridized carbons (Fsp3) is 0.938. The molecule has 0 radical (unpaired) electrons. The number of sulfonamides is 1. The highest BCUT2D eigenvalue weighted by Crippen LogP contribution is 2.46. The number of hydrogen-bond acceptors (Lipinski definition) is 4. The summed E-state index contributed by atoms with van der Waals surface area (Å²) in [7, 11) is -3.19. The molecular formula is C16H32N4O2S2. The van der Waals surface area contributed by atoms with E-state index in [0.29, 0.717) is 19.6 Å². The Balaban J connectivity index is 1.99. The summed E-state index contributed by atoms with van der Waals surface area (Å²) < 4.78 is 26.5. The zero-order chi connectivity index (χ0) is 18.0. The first kappa shape index (κ1) is 19.8. The van der Waals surface area contributed by atoms with Crippen LogP contribution in [0.2, 0.25) is 0 Å². The predicted molar refractivity (Wildman–Crippen MR) is 103 cm³/mol. The highest BCUT2D eigenvalue weighted by molar-refractivity contribution is 7.99. The van der Waals surface area contributed by atoms with Crippen LogP contribution in [0.1, 0.15) is 34.6 Å². The van der Waals surface area contributed by atoms with Crippen LogP contribution in [0.4, 0.5) is 0 Å². The molecule has 2 heterocycles. The van der Waals surface area contributed by atoms with Gasteiger partial charge >= 0.3 is 0 Å². The Morgan fingerprint density at radius 1 is 1.21 bits per heavy atom. The molecule has 8 heteroatoms. The van der Waals surface area contributed by atoms with E-state index in [1.54, 1.807) is 4.31 Å². The molecule has 1 N–H and O–H groups in total. The second kappa shape index (κ2) is 7.41. The SMILES string of the molecule is CCNC(=NCCS(=O)(=O)N1CCSCC1)N1CC(C)(C)C1(C)C. The van der Waals surface area contributed by atoms with Crippen molar-refractivity contribution in [1.82, 2.24) is 14.5 Å². The molecule has 0 unspecified atom stereocenters. The Hall–Kier alpha value is -0.470. The van der Waals surface area contributed by atoms with E-state index < -0.39 is 10.0 Å². The molecule has 0 spiro atoms. The molecule has 0 amide bonds. The summed E-state index contributed by atoms with van der Waals surface area (Å²) in [5.41, 5.74) is 0.234. The quantitative estimate of drug-likeness (QED) is 0.581. The van der Waals surface area contributed by atoms with Crippen LogP contribution in [0.15, 0.2) is 4.99 Å². The number of guanidine groups is 1. The third-order valence-corrected chi connectivity index (χ3v) is 8.24. The number of nitrogens with one attached hydrogen (secondary N) is 1. The Morgan fingerprint density at radius 3 is 2.33 bits per heavy atom. The molecule has 2 rings (SSSR count). The van der Waals surface area contributed by atoms with Gasteiger partial charge in [0.2, 0.25) is 10.0 Å². The van der Waals surface area contributed by atoms with Crippen molar-refractivity contribution in [2.75, 3.05) is 50.0 Å². The van der Waals surface area contributed by atoms with Crippen molar-refractivity contribution in [3.63, 3.8) is 0 Å². The van der Waals surface area contributed by atoms with E-state index in [-0.39, 0.29) is 16.7 Å². The molecular weight excluding hydrogens is 344 g/mol. The lowest BCUT2D eigenvalue weighted by molar-refractivity contribution is -0.0667. The lowest BCUT2D eigenvalue weighted by Crippen LogP contribution is -2.72. The zero-order valence-corrected chi connectivity index (χ0v) is 17.3. The molecule has 0 aromatic heterocycles. The van der Waals surface area contributed by atoms with Crippen molar-refractivity contribution < 1.29 is 8.42 Å². The number of hydrogen-bond donors (Lipinski definition) is 1. The van der Waals surface area contributed by atoms with Gasteiger partial charge in [0, 0.05) is 48.6 Å². The fourth-order valence-corrected chi connectivity index (χ4v) is 5.47. The molecule has 0 aromatic carbocycles. The summed E-state index contributed by atoms with van der Waals surface area (Å²) in [5, 5.41) is 3.31. The van der Waals surface area contributed by atoms with Crippen molar-refractivity contribution >= 4 is 27.7 Å². The molecule has 0 atom stereocenters. The maximum absolute atomic E-state index is 12.4. The second-order valence-electron chi connectivity index (χ2n) is 7.59. The van der Waals surface area contributed by atoms with E-state index in [1.807, 2.05) is 18.7 Å². The van der Waals surface area contributed by atoms with Gasteiger partial charge in [0.1, 0.15) is 0 Å². The van der Waals surface area contributed by atoms with Gasteiger partial charge in [-0.15, -0.1) is 0 Å². The standard InChI is InChI=1S/C16H32N4O2S2/c1-6-17-14(20-13-15(2,3)16(20,4)5)18-7-12-24(21,22)19-8-10-23-11-9-19/h6-13H2,1-5H3,(H,17,18). The monoisotopic (exact) mass is 376 g/mol. The molecule has 0 bridgehead atoms. The van der Waals surface area contributed by atoms with E-state index in [2.05, 4.69) is 42.9 Å². The van der Waals surface area contributed by atoms with Crippen LogP contribution in [0, 0.1) is 5.41 Å². The maximum atomic E-state index is 12.4. The summed E-state index contributed by atoms with van der Waals surface area (Å²) in [6.07, 6.45) is 0. The first-order valence-electron chi connectivity index (χ1n) is 8.73. The van der Waals surface area contributed by atoms with E-state index in [0.717, 1.165) is 30.6 Å². The van der Waals surface area contributed by atoms with Crippen molar-refractivity contribution in [3.05, 3.63) is 0 Å². The number of rotatable bonds is 5. The van der Waals surface area contributed by atoms with Gasteiger partial charge in [-0.25, -0.2) is 12.7 Å². The van der Waals surface area contributed by atoms with Crippen molar-refractivity contribution in [2.24, 2.45) is 10.4 Å². The van der Waals surface area contributed by atoms with Gasteiger partial charge in [-0.1, -0.05) is 13.8 Å². The van der Waals surface area contributed by atoms with Crippen molar-refractivity contribution in [2.45, 2.75) is 40.2 Å². The largest absolute Gasteiger partial charge is 0.356 e. The Kier molecular flexibility index (Phi) is 6.13. The van der Waals surface area contributed by atoms with Crippen LogP contribution in [0.25, 0.3) is 0 Å². The van der Waals surface area contributed by atoms with Crippen LogP contribution >= 0.6 is 11.8 Å². The zero-order valence-electron chi connectivity index (χ0n) is 15.6. The van der Waals surface area contributed by atoms with Gasteiger partial charge in [-0.2, -0.15) is 11.8 Å². The van der Waals surface area contributed by atoms with Crippen LogP contribution in [0.5, 0.6) is 0 Å². The minimum atomic E-state index is -3.19. The van der Waals surface area contributed by atoms with Crippen molar-refractivity contribution in [1.29, 1.82) is 0 Å².